The lowest BCUT2D eigenvalue weighted by Gasteiger charge is -2.40. The van der Waals surface area contributed by atoms with Crippen LogP contribution in [-0.4, -0.2) is 73.7 Å². The second-order valence-electron chi connectivity index (χ2n) is 7.14. The molecule has 1 amide bonds. The van der Waals surface area contributed by atoms with Gasteiger partial charge in [-0.1, -0.05) is 19.3 Å². The zero-order chi connectivity index (χ0) is 15.4. The Bertz CT molecular complexity index is 363. The van der Waals surface area contributed by atoms with E-state index in [1.807, 2.05) is 11.8 Å². The fourth-order valence-electron chi connectivity index (χ4n) is 4.09. The summed E-state index contributed by atoms with van der Waals surface area (Å²) in [6, 6.07) is -0.154. The lowest BCUT2D eigenvalue weighted by atomic mass is 9.89. The van der Waals surface area contributed by atoms with Crippen molar-refractivity contribution in [2.75, 3.05) is 45.9 Å². The molecule has 3 fully saturated rings. The molecule has 1 aliphatic carbocycles. The molecule has 2 saturated heterocycles. The van der Waals surface area contributed by atoms with Crippen LogP contribution < -0.4 is 5.32 Å². The molecule has 0 aromatic carbocycles. The number of nitrogens with zero attached hydrogens (tertiary/aromatic N) is 2. The molecule has 2 aliphatic heterocycles. The van der Waals surface area contributed by atoms with Crippen molar-refractivity contribution in [3.05, 3.63) is 0 Å². The lowest BCUT2D eigenvalue weighted by molar-refractivity contribution is -0.141. The van der Waals surface area contributed by atoms with Crippen LogP contribution in [0.15, 0.2) is 0 Å². The minimum atomic E-state index is -0.154. The Morgan fingerprint density at radius 3 is 2.55 bits per heavy atom. The molecule has 0 spiro atoms. The molecule has 0 bridgehead atoms. The Morgan fingerprint density at radius 2 is 1.86 bits per heavy atom. The SMILES string of the molecule is C[C@H]1OCCN[C@@H]1C(=O)N1CCN(CC2CCCCC2)CC1. The predicted octanol–water partition coefficient (Wildman–Crippen LogP) is 1.09. The predicted molar refractivity (Wildman–Crippen MR) is 86.8 cm³/mol. The quantitative estimate of drug-likeness (QED) is 0.847. The van der Waals surface area contributed by atoms with Crippen LogP contribution in [0, 0.1) is 5.92 Å². The molecule has 1 N–H and O–H groups in total. The Hall–Kier alpha value is -0.650. The van der Waals surface area contributed by atoms with Crippen molar-refractivity contribution in [2.24, 2.45) is 5.92 Å². The topological polar surface area (TPSA) is 44.8 Å². The Kier molecular flexibility index (Phi) is 5.71. The van der Waals surface area contributed by atoms with E-state index >= 15 is 0 Å². The van der Waals surface area contributed by atoms with E-state index in [0.29, 0.717) is 6.61 Å². The molecule has 2 heterocycles. The van der Waals surface area contributed by atoms with E-state index in [1.54, 1.807) is 0 Å². The lowest BCUT2D eigenvalue weighted by Crippen LogP contribution is -2.59. The van der Waals surface area contributed by atoms with E-state index < -0.39 is 0 Å². The summed E-state index contributed by atoms with van der Waals surface area (Å²) in [5, 5.41) is 3.31. The van der Waals surface area contributed by atoms with Crippen LogP contribution in [0.4, 0.5) is 0 Å². The average molecular weight is 309 g/mol. The van der Waals surface area contributed by atoms with Crippen LogP contribution in [0.25, 0.3) is 0 Å². The summed E-state index contributed by atoms with van der Waals surface area (Å²) in [6.45, 7) is 8.53. The van der Waals surface area contributed by atoms with E-state index in [4.69, 9.17) is 4.74 Å². The first-order chi connectivity index (χ1) is 10.7. The number of hydrogen-bond donors (Lipinski definition) is 1. The van der Waals surface area contributed by atoms with E-state index in [2.05, 4.69) is 10.2 Å². The number of piperazine rings is 1. The molecular formula is C17H31N3O2. The largest absolute Gasteiger partial charge is 0.375 e. The molecule has 3 aliphatic rings. The highest BCUT2D eigenvalue weighted by Crippen LogP contribution is 2.24. The van der Waals surface area contributed by atoms with Crippen molar-refractivity contribution in [1.29, 1.82) is 0 Å². The number of hydrogen-bond acceptors (Lipinski definition) is 4. The molecule has 3 rings (SSSR count). The van der Waals surface area contributed by atoms with Gasteiger partial charge in [0.05, 0.1) is 12.7 Å². The fraction of sp³-hybridized carbons (Fsp3) is 0.941. The van der Waals surface area contributed by atoms with Crippen LogP contribution in [0.2, 0.25) is 0 Å². The highest BCUT2D eigenvalue weighted by atomic mass is 16.5. The highest BCUT2D eigenvalue weighted by Gasteiger charge is 2.33. The molecule has 0 unspecified atom stereocenters. The van der Waals surface area contributed by atoms with E-state index in [1.165, 1.54) is 38.6 Å². The van der Waals surface area contributed by atoms with Crippen molar-refractivity contribution in [3.8, 4) is 0 Å². The second-order valence-corrected chi connectivity index (χ2v) is 7.14. The standard InChI is InChI=1S/C17H31N3O2/c1-14-16(18-7-12-22-14)17(21)20-10-8-19(9-11-20)13-15-5-3-2-4-6-15/h14-16,18H,2-13H2,1H3/t14-,16+/m1/s1. The van der Waals surface area contributed by atoms with Gasteiger partial charge in [-0.2, -0.15) is 0 Å². The number of morpholine rings is 1. The summed E-state index contributed by atoms with van der Waals surface area (Å²) < 4.78 is 5.60. The van der Waals surface area contributed by atoms with Crippen molar-refractivity contribution in [1.82, 2.24) is 15.1 Å². The van der Waals surface area contributed by atoms with Gasteiger partial charge in [0, 0.05) is 39.3 Å². The Balaban J connectivity index is 1.43. The minimum absolute atomic E-state index is 0.0125. The molecule has 5 heteroatoms. The van der Waals surface area contributed by atoms with E-state index in [-0.39, 0.29) is 18.1 Å². The molecule has 5 nitrogen and oxygen atoms in total. The average Bonchev–Trinajstić information content (AvgIpc) is 2.56. The van der Waals surface area contributed by atoms with Gasteiger partial charge in [-0.3, -0.25) is 9.69 Å². The van der Waals surface area contributed by atoms with Gasteiger partial charge >= 0.3 is 0 Å². The van der Waals surface area contributed by atoms with E-state index in [9.17, 15) is 4.79 Å². The number of rotatable bonds is 3. The third-order valence-corrected chi connectivity index (χ3v) is 5.51. The maximum absolute atomic E-state index is 12.6. The van der Waals surface area contributed by atoms with Gasteiger partial charge in [-0.05, 0) is 25.7 Å². The third kappa shape index (κ3) is 4.00. The van der Waals surface area contributed by atoms with Crippen molar-refractivity contribution < 1.29 is 9.53 Å². The minimum Gasteiger partial charge on any atom is -0.375 e. The summed E-state index contributed by atoms with van der Waals surface area (Å²) in [7, 11) is 0. The number of carbonyl (C=O) groups is 1. The van der Waals surface area contributed by atoms with Crippen molar-refractivity contribution in [2.45, 2.75) is 51.2 Å². The maximum atomic E-state index is 12.6. The fourth-order valence-corrected chi connectivity index (χ4v) is 4.09. The van der Waals surface area contributed by atoms with Gasteiger partial charge in [0.2, 0.25) is 5.91 Å². The Morgan fingerprint density at radius 1 is 1.14 bits per heavy atom. The first-order valence-corrected chi connectivity index (χ1v) is 9.10. The number of carbonyl (C=O) groups excluding carboxylic acids is 1. The van der Waals surface area contributed by atoms with Gasteiger partial charge in [-0.15, -0.1) is 0 Å². The van der Waals surface area contributed by atoms with E-state index in [0.717, 1.165) is 38.6 Å². The molecular weight excluding hydrogens is 278 g/mol. The molecule has 0 aromatic heterocycles. The zero-order valence-electron chi connectivity index (χ0n) is 13.9. The van der Waals surface area contributed by atoms with Crippen molar-refractivity contribution >= 4 is 5.91 Å². The van der Waals surface area contributed by atoms with Gasteiger partial charge in [0.25, 0.3) is 0 Å². The first kappa shape index (κ1) is 16.2. The zero-order valence-corrected chi connectivity index (χ0v) is 13.9. The number of ether oxygens (including phenoxy) is 1. The molecule has 126 valence electrons. The summed E-state index contributed by atoms with van der Waals surface area (Å²) >= 11 is 0. The normalized spacial score (nSPS) is 32.1. The molecule has 2 atom stereocenters. The van der Waals surface area contributed by atoms with Gasteiger partial charge in [-0.25, -0.2) is 0 Å². The maximum Gasteiger partial charge on any atom is 0.242 e. The molecule has 0 aromatic rings. The molecule has 22 heavy (non-hydrogen) atoms. The summed E-state index contributed by atoms with van der Waals surface area (Å²) in [6.07, 6.45) is 7.04. The summed E-state index contributed by atoms with van der Waals surface area (Å²) in [5.41, 5.74) is 0. The van der Waals surface area contributed by atoms with Gasteiger partial charge in [0.15, 0.2) is 0 Å². The monoisotopic (exact) mass is 309 g/mol. The van der Waals surface area contributed by atoms with Crippen LogP contribution in [0.3, 0.4) is 0 Å². The molecule has 1 saturated carbocycles. The van der Waals surface area contributed by atoms with Crippen LogP contribution in [-0.2, 0) is 9.53 Å². The van der Waals surface area contributed by atoms with Crippen LogP contribution in [0.1, 0.15) is 39.0 Å². The molecule has 0 radical (unpaired) electrons. The highest BCUT2D eigenvalue weighted by molar-refractivity contribution is 5.82. The summed E-state index contributed by atoms with van der Waals surface area (Å²) in [4.78, 5) is 17.2. The summed E-state index contributed by atoms with van der Waals surface area (Å²) in [5.74, 6) is 1.12. The van der Waals surface area contributed by atoms with Crippen molar-refractivity contribution in [3.63, 3.8) is 0 Å². The smallest absolute Gasteiger partial charge is 0.242 e. The van der Waals surface area contributed by atoms with Gasteiger partial charge in [0.1, 0.15) is 6.04 Å². The Labute approximate surface area is 134 Å². The third-order valence-electron chi connectivity index (χ3n) is 5.51. The number of amides is 1. The van der Waals surface area contributed by atoms with Crippen LogP contribution >= 0.6 is 0 Å². The number of nitrogens with one attached hydrogen (secondary N) is 1. The van der Waals surface area contributed by atoms with Gasteiger partial charge < -0.3 is 15.0 Å². The van der Waals surface area contributed by atoms with Crippen LogP contribution in [0.5, 0.6) is 0 Å². The first-order valence-electron chi connectivity index (χ1n) is 9.10. The second kappa shape index (κ2) is 7.75.